The maximum Gasteiger partial charge on any atom is 0.255 e. The SMILES string of the molecule is CCc1cccc(C)c1NC(=O)c1cccc(OCCc2ccccc2)c1. The van der Waals surface area contributed by atoms with E-state index in [1.807, 2.05) is 61.5 Å². The lowest BCUT2D eigenvalue weighted by Crippen LogP contribution is -2.14. The number of carbonyl (C=O) groups excluding carboxylic acids is 1. The van der Waals surface area contributed by atoms with Crippen LogP contribution in [0.2, 0.25) is 0 Å². The Hall–Kier alpha value is -3.07. The van der Waals surface area contributed by atoms with Gasteiger partial charge in [0.1, 0.15) is 5.75 Å². The van der Waals surface area contributed by atoms with Gasteiger partial charge in [-0.15, -0.1) is 0 Å². The van der Waals surface area contributed by atoms with Gasteiger partial charge in [0.25, 0.3) is 5.91 Å². The van der Waals surface area contributed by atoms with E-state index in [1.54, 1.807) is 6.07 Å². The molecule has 0 fully saturated rings. The highest BCUT2D eigenvalue weighted by atomic mass is 16.5. The molecule has 0 unspecified atom stereocenters. The fourth-order valence-electron chi connectivity index (χ4n) is 3.05. The molecule has 3 aromatic rings. The highest BCUT2D eigenvalue weighted by Crippen LogP contribution is 2.22. The van der Waals surface area contributed by atoms with Gasteiger partial charge in [-0.2, -0.15) is 0 Å². The third-order valence-electron chi connectivity index (χ3n) is 4.58. The number of carbonyl (C=O) groups is 1. The molecule has 138 valence electrons. The number of hydrogen-bond acceptors (Lipinski definition) is 2. The van der Waals surface area contributed by atoms with E-state index in [0.29, 0.717) is 17.9 Å². The largest absolute Gasteiger partial charge is 0.493 e. The Kier molecular flexibility index (Phi) is 6.26. The average Bonchev–Trinajstić information content (AvgIpc) is 2.70. The van der Waals surface area contributed by atoms with Crippen LogP contribution in [0.1, 0.15) is 34.0 Å². The van der Waals surface area contributed by atoms with E-state index in [4.69, 9.17) is 4.74 Å². The van der Waals surface area contributed by atoms with Crippen LogP contribution in [0, 0.1) is 6.92 Å². The van der Waals surface area contributed by atoms with Gasteiger partial charge in [0.05, 0.1) is 6.61 Å². The van der Waals surface area contributed by atoms with Gasteiger partial charge in [0.15, 0.2) is 0 Å². The standard InChI is InChI=1S/C24H25NO2/c1-3-20-12-7-9-18(2)23(20)25-24(26)21-13-8-14-22(17-21)27-16-15-19-10-5-4-6-11-19/h4-14,17H,3,15-16H2,1-2H3,(H,25,26). The summed E-state index contributed by atoms with van der Waals surface area (Å²) in [6.45, 7) is 4.68. The van der Waals surface area contributed by atoms with E-state index in [0.717, 1.165) is 29.7 Å². The minimum atomic E-state index is -0.118. The molecule has 1 amide bonds. The molecule has 1 N–H and O–H groups in total. The topological polar surface area (TPSA) is 38.3 Å². The molecule has 3 nitrogen and oxygen atoms in total. The van der Waals surface area contributed by atoms with Crippen molar-refractivity contribution in [2.24, 2.45) is 0 Å². The summed E-state index contributed by atoms with van der Waals surface area (Å²) in [6.07, 6.45) is 1.71. The van der Waals surface area contributed by atoms with Crippen molar-refractivity contribution in [2.75, 3.05) is 11.9 Å². The minimum Gasteiger partial charge on any atom is -0.493 e. The number of hydrogen-bond donors (Lipinski definition) is 1. The van der Waals surface area contributed by atoms with Gasteiger partial charge in [0, 0.05) is 17.7 Å². The second-order valence-corrected chi connectivity index (χ2v) is 6.53. The van der Waals surface area contributed by atoms with E-state index in [2.05, 4.69) is 24.4 Å². The summed E-state index contributed by atoms with van der Waals surface area (Å²) in [5.41, 5.74) is 4.94. The van der Waals surface area contributed by atoms with Crippen molar-refractivity contribution in [3.63, 3.8) is 0 Å². The zero-order valence-electron chi connectivity index (χ0n) is 15.9. The van der Waals surface area contributed by atoms with Crippen LogP contribution in [0.15, 0.2) is 72.8 Å². The summed E-state index contributed by atoms with van der Waals surface area (Å²) >= 11 is 0. The number of nitrogens with one attached hydrogen (secondary N) is 1. The number of benzene rings is 3. The fourth-order valence-corrected chi connectivity index (χ4v) is 3.05. The summed E-state index contributed by atoms with van der Waals surface area (Å²) in [4.78, 5) is 12.7. The molecule has 3 heteroatoms. The molecule has 0 radical (unpaired) electrons. The average molecular weight is 359 g/mol. The first-order chi connectivity index (χ1) is 13.2. The molecule has 0 saturated heterocycles. The van der Waals surface area contributed by atoms with Crippen LogP contribution in [0.5, 0.6) is 5.75 Å². The highest BCUT2D eigenvalue weighted by Gasteiger charge is 2.11. The molecule has 0 saturated carbocycles. The minimum absolute atomic E-state index is 0.118. The Morgan fingerprint density at radius 2 is 1.74 bits per heavy atom. The van der Waals surface area contributed by atoms with Crippen LogP contribution in [0.25, 0.3) is 0 Å². The van der Waals surface area contributed by atoms with Crippen molar-refractivity contribution >= 4 is 11.6 Å². The zero-order valence-corrected chi connectivity index (χ0v) is 15.9. The van der Waals surface area contributed by atoms with Gasteiger partial charge >= 0.3 is 0 Å². The lowest BCUT2D eigenvalue weighted by Gasteiger charge is -2.13. The number of aryl methyl sites for hydroxylation is 2. The highest BCUT2D eigenvalue weighted by molar-refractivity contribution is 6.05. The number of rotatable bonds is 7. The lowest BCUT2D eigenvalue weighted by atomic mass is 10.1. The molecule has 0 bridgehead atoms. The van der Waals surface area contributed by atoms with Crippen molar-refractivity contribution in [3.05, 3.63) is 95.1 Å². The van der Waals surface area contributed by atoms with Crippen molar-refractivity contribution in [1.29, 1.82) is 0 Å². The van der Waals surface area contributed by atoms with Gasteiger partial charge in [0.2, 0.25) is 0 Å². The number of amides is 1. The summed E-state index contributed by atoms with van der Waals surface area (Å²) in [5.74, 6) is 0.589. The Morgan fingerprint density at radius 1 is 0.963 bits per heavy atom. The molecule has 0 heterocycles. The molecule has 0 aliphatic rings. The summed E-state index contributed by atoms with van der Waals surface area (Å²) in [7, 11) is 0. The first-order valence-corrected chi connectivity index (χ1v) is 9.34. The van der Waals surface area contributed by atoms with E-state index < -0.39 is 0 Å². The Morgan fingerprint density at radius 3 is 2.52 bits per heavy atom. The van der Waals surface area contributed by atoms with Crippen molar-refractivity contribution in [1.82, 2.24) is 0 Å². The Labute approximate surface area is 161 Å². The molecule has 3 rings (SSSR count). The van der Waals surface area contributed by atoms with E-state index in [1.165, 1.54) is 5.56 Å². The van der Waals surface area contributed by atoms with Crippen LogP contribution < -0.4 is 10.1 Å². The molecule has 0 atom stereocenters. The number of ether oxygens (including phenoxy) is 1. The fraction of sp³-hybridized carbons (Fsp3) is 0.208. The quantitative estimate of drug-likeness (QED) is 0.611. The molecule has 3 aromatic carbocycles. The Balaban J connectivity index is 1.65. The molecular formula is C24H25NO2. The molecule has 0 aromatic heterocycles. The third-order valence-corrected chi connectivity index (χ3v) is 4.58. The van der Waals surface area contributed by atoms with Gasteiger partial charge in [-0.05, 0) is 48.2 Å². The van der Waals surface area contributed by atoms with Crippen molar-refractivity contribution in [3.8, 4) is 5.75 Å². The van der Waals surface area contributed by atoms with Crippen molar-refractivity contribution < 1.29 is 9.53 Å². The summed E-state index contributed by atoms with van der Waals surface area (Å²) in [6, 6.07) is 23.6. The van der Waals surface area contributed by atoms with Crippen LogP contribution in [0.3, 0.4) is 0 Å². The van der Waals surface area contributed by atoms with E-state index >= 15 is 0 Å². The summed E-state index contributed by atoms with van der Waals surface area (Å²) in [5, 5.41) is 3.06. The predicted octanol–water partition coefficient (Wildman–Crippen LogP) is 5.43. The third kappa shape index (κ3) is 4.98. The van der Waals surface area contributed by atoms with Crippen molar-refractivity contribution in [2.45, 2.75) is 26.7 Å². The first-order valence-electron chi connectivity index (χ1n) is 9.34. The second kappa shape index (κ2) is 9.04. The Bertz CT molecular complexity index is 903. The van der Waals surface area contributed by atoms with Crippen LogP contribution in [-0.2, 0) is 12.8 Å². The molecule has 27 heavy (non-hydrogen) atoms. The lowest BCUT2D eigenvalue weighted by molar-refractivity contribution is 0.102. The van der Waals surface area contributed by atoms with Crippen LogP contribution >= 0.6 is 0 Å². The molecular weight excluding hydrogens is 334 g/mol. The normalized spacial score (nSPS) is 10.4. The van der Waals surface area contributed by atoms with Gasteiger partial charge in [-0.25, -0.2) is 0 Å². The van der Waals surface area contributed by atoms with E-state index in [9.17, 15) is 4.79 Å². The van der Waals surface area contributed by atoms with Gasteiger partial charge in [-0.1, -0.05) is 61.5 Å². The number of para-hydroxylation sites is 1. The summed E-state index contributed by atoms with van der Waals surface area (Å²) < 4.78 is 5.84. The maximum atomic E-state index is 12.7. The smallest absolute Gasteiger partial charge is 0.255 e. The molecule has 0 aliphatic carbocycles. The monoisotopic (exact) mass is 359 g/mol. The number of anilines is 1. The van der Waals surface area contributed by atoms with Gasteiger partial charge < -0.3 is 10.1 Å². The molecule has 0 spiro atoms. The maximum absolute atomic E-state index is 12.7. The van der Waals surface area contributed by atoms with Crippen LogP contribution in [0.4, 0.5) is 5.69 Å². The van der Waals surface area contributed by atoms with Gasteiger partial charge in [-0.3, -0.25) is 4.79 Å². The molecule has 0 aliphatic heterocycles. The zero-order chi connectivity index (χ0) is 19.1. The first kappa shape index (κ1) is 18.7. The van der Waals surface area contributed by atoms with E-state index in [-0.39, 0.29) is 5.91 Å². The van der Waals surface area contributed by atoms with Crippen LogP contribution in [-0.4, -0.2) is 12.5 Å². The second-order valence-electron chi connectivity index (χ2n) is 6.53. The predicted molar refractivity (Wildman–Crippen MR) is 111 cm³/mol.